The number of aliphatic imine (C=N–C) groups is 1. The van der Waals surface area contributed by atoms with Crippen molar-refractivity contribution in [2.45, 2.75) is 39.5 Å². The molecule has 3 rings (SSSR count). The van der Waals surface area contributed by atoms with Gasteiger partial charge in [0.2, 0.25) is 5.91 Å². The lowest BCUT2D eigenvalue weighted by Crippen LogP contribution is -2.45. The number of guanidine groups is 1. The van der Waals surface area contributed by atoms with Crippen LogP contribution in [0.1, 0.15) is 31.4 Å². The molecule has 0 spiro atoms. The van der Waals surface area contributed by atoms with Crippen LogP contribution in [0.3, 0.4) is 0 Å². The molecule has 1 saturated heterocycles. The number of carbonyl (C=O) groups is 1. The molecule has 0 saturated carbocycles. The van der Waals surface area contributed by atoms with Crippen molar-refractivity contribution >= 4 is 35.8 Å². The molecule has 1 aliphatic rings. The summed E-state index contributed by atoms with van der Waals surface area (Å²) in [6, 6.07) is 18.4. The van der Waals surface area contributed by atoms with Crippen molar-refractivity contribution in [1.82, 2.24) is 15.5 Å². The van der Waals surface area contributed by atoms with Crippen LogP contribution in [0.5, 0.6) is 5.75 Å². The summed E-state index contributed by atoms with van der Waals surface area (Å²) in [6.45, 7) is 6.60. The molecule has 31 heavy (non-hydrogen) atoms. The summed E-state index contributed by atoms with van der Waals surface area (Å²) < 4.78 is 5.92. The van der Waals surface area contributed by atoms with E-state index in [0.717, 1.165) is 42.3 Å². The molecular weight excluding hydrogens is 503 g/mol. The van der Waals surface area contributed by atoms with E-state index in [2.05, 4.69) is 33.8 Å². The number of carbonyl (C=O) groups excluding carboxylic acids is 1. The Morgan fingerprint density at radius 1 is 1.16 bits per heavy atom. The van der Waals surface area contributed by atoms with E-state index in [1.807, 2.05) is 55.1 Å². The molecule has 1 fully saturated rings. The number of hydrogen-bond donors (Lipinski definition) is 2. The highest BCUT2D eigenvalue weighted by atomic mass is 127. The number of amides is 1. The molecule has 2 aromatic rings. The molecule has 6 nitrogen and oxygen atoms in total. The van der Waals surface area contributed by atoms with Crippen LogP contribution in [-0.4, -0.2) is 42.9 Å². The van der Waals surface area contributed by atoms with Crippen molar-refractivity contribution in [2.75, 3.05) is 20.1 Å². The number of ether oxygens (including phenoxy) is 1. The summed E-state index contributed by atoms with van der Waals surface area (Å²) in [4.78, 5) is 18.4. The first-order valence-electron chi connectivity index (χ1n) is 10.6. The maximum absolute atomic E-state index is 12.2. The fraction of sp³-hybridized carbons (Fsp3) is 0.417. The van der Waals surface area contributed by atoms with Crippen LogP contribution in [0.4, 0.5) is 0 Å². The minimum atomic E-state index is 0. The molecule has 0 aliphatic carbocycles. The predicted molar refractivity (Wildman–Crippen MR) is 136 cm³/mol. The highest BCUT2D eigenvalue weighted by molar-refractivity contribution is 14.0. The molecule has 2 aromatic carbocycles. The molecular formula is C24H33IN4O2. The fourth-order valence-corrected chi connectivity index (χ4v) is 3.50. The van der Waals surface area contributed by atoms with Crippen molar-refractivity contribution in [3.63, 3.8) is 0 Å². The van der Waals surface area contributed by atoms with E-state index in [4.69, 9.17) is 4.74 Å². The van der Waals surface area contributed by atoms with Crippen molar-refractivity contribution in [2.24, 2.45) is 10.9 Å². The lowest BCUT2D eigenvalue weighted by atomic mass is 10.2. The lowest BCUT2D eigenvalue weighted by Gasteiger charge is -2.20. The maximum atomic E-state index is 12.2. The Bertz CT molecular complexity index is 858. The molecule has 1 amide bonds. The van der Waals surface area contributed by atoms with Gasteiger partial charge in [-0.25, -0.2) is 0 Å². The molecule has 7 heteroatoms. The number of nitrogens with one attached hydrogen (secondary N) is 2. The Morgan fingerprint density at radius 3 is 2.61 bits per heavy atom. The molecule has 0 bridgehead atoms. The van der Waals surface area contributed by atoms with E-state index in [9.17, 15) is 4.79 Å². The maximum Gasteiger partial charge on any atom is 0.225 e. The third-order valence-electron chi connectivity index (χ3n) is 5.17. The first-order valence-corrected chi connectivity index (χ1v) is 10.6. The Kier molecular flexibility index (Phi) is 10.1. The first-order chi connectivity index (χ1) is 14.5. The van der Waals surface area contributed by atoms with Crippen molar-refractivity contribution in [1.29, 1.82) is 0 Å². The molecule has 2 N–H and O–H groups in total. The molecule has 168 valence electrons. The minimum absolute atomic E-state index is 0. The van der Waals surface area contributed by atoms with Gasteiger partial charge in [0.25, 0.3) is 0 Å². The predicted octanol–water partition coefficient (Wildman–Crippen LogP) is 3.81. The number of benzene rings is 2. The standard InChI is InChI=1S/C24H32N4O2.HI/c1-18(2)23(29)28-13-12-21(16-28)27-24(25-3)26-15-20-10-7-11-22(14-20)30-17-19-8-5-4-6-9-19;/h4-11,14,18,21H,12-13,15-17H2,1-3H3,(H2,25,26,27);1H. The SMILES string of the molecule is CN=C(NCc1cccc(OCc2ccccc2)c1)NC1CCN(C(=O)C(C)C)C1.I. The number of rotatable bonds is 7. The molecule has 1 heterocycles. The summed E-state index contributed by atoms with van der Waals surface area (Å²) in [5.74, 6) is 1.85. The lowest BCUT2D eigenvalue weighted by molar-refractivity contribution is -0.133. The number of halogens is 1. The second kappa shape index (κ2) is 12.5. The first kappa shape index (κ1) is 25.0. The second-order valence-corrected chi connectivity index (χ2v) is 7.92. The zero-order valence-corrected chi connectivity index (χ0v) is 20.8. The van der Waals surface area contributed by atoms with E-state index in [1.165, 1.54) is 0 Å². The Hall–Kier alpha value is -2.29. The van der Waals surface area contributed by atoms with E-state index in [-0.39, 0.29) is 41.8 Å². The van der Waals surface area contributed by atoms with Gasteiger partial charge in [0.1, 0.15) is 12.4 Å². The van der Waals surface area contributed by atoms with Crippen LogP contribution in [0.25, 0.3) is 0 Å². The molecule has 0 radical (unpaired) electrons. The Labute approximate surface area is 202 Å². The number of likely N-dealkylation sites (tertiary alicyclic amines) is 1. The van der Waals surface area contributed by atoms with Crippen LogP contribution in [-0.2, 0) is 17.9 Å². The third kappa shape index (κ3) is 7.72. The van der Waals surface area contributed by atoms with Gasteiger partial charge in [-0.05, 0) is 29.7 Å². The van der Waals surface area contributed by atoms with E-state index in [1.54, 1.807) is 7.05 Å². The monoisotopic (exact) mass is 536 g/mol. The fourth-order valence-electron chi connectivity index (χ4n) is 3.50. The van der Waals surface area contributed by atoms with Gasteiger partial charge >= 0.3 is 0 Å². The quantitative estimate of drug-likeness (QED) is 0.321. The van der Waals surface area contributed by atoms with E-state index >= 15 is 0 Å². The smallest absolute Gasteiger partial charge is 0.225 e. The average molecular weight is 536 g/mol. The van der Waals surface area contributed by atoms with Gasteiger partial charge in [0.05, 0.1) is 0 Å². The highest BCUT2D eigenvalue weighted by Crippen LogP contribution is 2.16. The Balaban J connectivity index is 0.00000341. The van der Waals surface area contributed by atoms with Crippen LogP contribution >= 0.6 is 24.0 Å². The van der Waals surface area contributed by atoms with E-state index in [0.29, 0.717) is 13.2 Å². The van der Waals surface area contributed by atoms with Gasteiger partial charge in [0.15, 0.2) is 5.96 Å². The minimum Gasteiger partial charge on any atom is -0.489 e. The Morgan fingerprint density at radius 2 is 1.90 bits per heavy atom. The normalized spacial score (nSPS) is 16.1. The van der Waals surface area contributed by atoms with Gasteiger partial charge in [0, 0.05) is 38.6 Å². The van der Waals surface area contributed by atoms with Crippen molar-refractivity contribution in [3.05, 3.63) is 65.7 Å². The molecule has 1 atom stereocenters. The highest BCUT2D eigenvalue weighted by Gasteiger charge is 2.27. The van der Waals surface area contributed by atoms with Crippen LogP contribution in [0.2, 0.25) is 0 Å². The number of nitrogens with zero attached hydrogens (tertiary/aromatic N) is 2. The van der Waals surface area contributed by atoms with Crippen LogP contribution in [0, 0.1) is 5.92 Å². The zero-order chi connectivity index (χ0) is 21.3. The summed E-state index contributed by atoms with van der Waals surface area (Å²) in [7, 11) is 1.76. The van der Waals surface area contributed by atoms with Gasteiger partial charge in [-0.15, -0.1) is 24.0 Å². The van der Waals surface area contributed by atoms with Crippen molar-refractivity contribution in [3.8, 4) is 5.75 Å². The topological polar surface area (TPSA) is 66.0 Å². The summed E-state index contributed by atoms with van der Waals surface area (Å²) in [6.07, 6.45) is 0.933. The largest absolute Gasteiger partial charge is 0.489 e. The summed E-state index contributed by atoms with van der Waals surface area (Å²) >= 11 is 0. The third-order valence-corrected chi connectivity index (χ3v) is 5.17. The van der Waals surface area contributed by atoms with Crippen LogP contribution < -0.4 is 15.4 Å². The van der Waals surface area contributed by atoms with Crippen LogP contribution in [0.15, 0.2) is 59.6 Å². The summed E-state index contributed by atoms with van der Waals surface area (Å²) in [5, 5.41) is 6.79. The second-order valence-electron chi connectivity index (χ2n) is 7.92. The average Bonchev–Trinajstić information content (AvgIpc) is 3.24. The van der Waals surface area contributed by atoms with Gasteiger partial charge in [-0.1, -0.05) is 56.3 Å². The van der Waals surface area contributed by atoms with Gasteiger partial charge < -0.3 is 20.3 Å². The summed E-state index contributed by atoms with van der Waals surface area (Å²) in [5.41, 5.74) is 2.26. The van der Waals surface area contributed by atoms with E-state index < -0.39 is 0 Å². The number of hydrogen-bond acceptors (Lipinski definition) is 3. The van der Waals surface area contributed by atoms with Gasteiger partial charge in [-0.2, -0.15) is 0 Å². The molecule has 1 aliphatic heterocycles. The zero-order valence-electron chi connectivity index (χ0n) is 18.5. The van der Waals surface area contributed by atoms with Gasteiger partial charge in [-0.3, -0.25) is 9.79 Å². The molecule has 1 unspecified atom stereocenters. The van der Waals surface area contributed by atoms with Crippen molar-refractivity contribution < 1.29 is 9.53 Å². The molecule has 0 aromatic heterocycles.